The van der Waals surface area contributed by atoms with Gasteiger partial charge in [-0.1, -0.05) is 11.6 Å². The van der Waals surface area contributed by atoms with Crippen LogP contribution in [-0.4, -0.2) is 34.2 Å². The summed E-state index contributed by atoms with van der Waals surface area (Å²) in [5, 5.41) is 22.1. The predicted octanol–water partition coefficient (Wildman–Crippen LogP) is 1.93. The van der Waals surface area contributed by atoms with Gasteiger partial charge in [0.05, 0.1) is 10.6 Å². The fourth-order valence-corrected chi connectivity index (χ4v) is 1.76. The molecule has 1 aromatic heterocycles. The number of aromatic carboxylic acids is 1. The molecule has 21 heavy (non-hydrogen) atoms. The average Bonchev–Trinajstić information content (AvgIpc) is 2.49. The summed E-state index contributed by atoms with van der Waals surface area (Å²) in [6, 6.07) is 7.54. The van der Waals surface area contributed by atoms with Crippen LogP contribution in [0.2, 0.25) is 5.02 Å². The number of hydrogen-bond donors (Lipinski definition) is 3. The first-order chi connectivity index (χ1) is 10.0. The second-order valence-electron chi connectivity index (χ2n) is 4.01. The largest absolute Gasteiger partial charge is 0.478 e. The second kappa shape index (κ2) is 6.19. The number of carboxylic acid groups (broad SMARTS) is 1. The van der Waals surface area contributed by atoms with E-state index >= 15 is 0 Å². The molecule has 0 bridgehead atoms. The third-order valence-electron chi connectivity index (χ3n) is 2.59. The van der Waals surface area contributed by atoms with E-state index in [4.69, 9.17) is 16.7 Å². The van der Waals surface area contributed by atoms with E-state index in [1.54, 1.807) is 12.1 Å². The number of aromatic nitrogens is 2. The molecule has 1 aromatic carbocycles. The first-order valence-corrected chi connectivity index (χ1v) is 6.24. The molecule has 1 amide bonds. The molecule has 0 atom stereocenters. The highest BCUT2D eigenvalue weighted by molar-refractivity contribution is 6.33. The summed E-state index contributed by atoms with van der Waals surface area (Å²) in [6.07, 6.45) is 0. The van der Waals surface area contributed by atoms with Crippen molar-refractivity contribution in [3.05, 3.63) is 46.6 Å². The SMILES string of the molecule is CNC(=O)c1ccc(Nc2ccc(Cl)c(C(=O)O)c2)nn1. The van der Waals surface area contributed by atoms with Crippen LogP contribution in [0, 0.1) is 0 Å². The zero-order valence-electron chi connectivity index (χ0n) is 10.9. The first-order valence-electron chi connectivity index (χ1n) is 5.87. The summed E-state index contributed by atoms with van der Waals surface area (Å²) in [5.74, 6) is -1.08. The zero-order valence-corrected chi connectivity index (χ0v) is 11.7. The van der Waals surface area contributed by atoms with E-state index in [0.717, 1.165) is 0 Å². The minimum Gasteiger partial charge on any atom is -0.478 e. The third-order valence-corrected chi connectivity index (χ3v) is 2.92. The smallest absolute Gasteiger partial charge is 0.337 e. The number of anilines is 2. The van der Waals surface area contributed by atoms with E-state index < -0.39 is 5.97 Å². The number of hydrogen-bond acceptors (Lipinski definition) is 5. The molecule has 1 heterocycles. The number of halogens is 1. The molecule has 0 fully saturated rings. The van der Waals surface area contributed by atoms with Crippen LogP contribution in [0.1, 0.15) is 20.8 Å². The molecule has 0 aliphatic carbocycles. The number of nitrogens with one attached hydrogen (secondary N) is 2. The van der Waals surface area contributed by atoms with Crippen molar-refractivity contribution in [3.8, 4) is 0 Å². The molecule has 0 unspecified atom stereocenters. The number of amides is 1. The van der Waals surface area contributed by atoms with Gasteiger partial charge in [0.25, 0.3) is 5.91 Å². The van der Waals surface area contributed by atoms with Gasteiger partial charge in [-0.3, -0.25) is 4.79 Å². The molecule has 108 valence electrons. The van der Waals surface area contributed by atoms with Gasteiger partial charge in [0, 0.05) is 12.7 Å². The van der Waals surface area contributed by atoms with Gasteiger partial charge in [-0.25, -0.2) is 4.79 Å². The maximum Gasteiger partial charge on any atom is 0.337 e. The summed E-state index contributed by atoms with van der Waals surface area (Å²) in [7, 11) is 1.50. The summed E-state index contributed by atoms with van der Waals surface area (Å²) < 4.78 is 0. The van der Waals surface area contributed by atoms with Crippen molar-refractivity contribution >= 4 is 35.0 Å². The van der Waals surface area contributed by atoms with Crippen molar-refractivity contribution in [2.45, 2.75) is 0 Å². The number of carboxylic acids is 1. The maximum atomic E-state index is 11.3. The molecule has 7 nitrogen and oxygen atoms in total. The molecule has 0 saturated carbocycles. The fourth-order valence-electron chi connectivity index (χ4n) is 1.56. The van der Waals surface area contributed by atoms with E-state index in [2.05, 4.69) is 20.8 Å². The molecule has 0 aliphatic heterocycles. The van der Waals surface area contributed by atoms with Crippen LogP contribution in [0.25, 0.3) is 0 Å². The van der Waals surface area contributed by atoms with Crippen molar-refractivity contribution in [1.29, 1.82) is 0 Å². The first kappa shape index (κ1) is 14.7. The normalized spacial score (nSPS) is 10.0. The molecular formula is C13H11ClN4O3. The van der Waals surface area contributed by atoms with E-state index in [0.29, 0.717) is 11.5 Å². The van der Waals surface area contributed by atoms with Crippen LogP contribution >= 0.6 is 11.6 Å². The highest BCUT2D eigenvalue weighted by Crippen LogP contribution is 2.22. The summed E-state index contributed by atoms with van der Waals surface area (Å²) in [6.45, 7) is 0. The minimum atomic E-state index is -1.12. The fraction of sp³-hybridized carbons (Fsp3) is 0.0769. The van der Waals surface area contributed by atoms with Gasteiger partial charge in [0.2, 0.25) is 0 Å². The van der Waals surface area contributed by atoms with Crippen molar-refractivity contribution in [2.75, 3.05) is 12.4 Å². The Bertz CT molecular complexity index is 688. The van der Waals surface area contributed by atoms with Crippen molar-refractivity contribution in [2.24, 2.45) is 0 Å². The Kier molecular flexibility index (Phi) is 4.34. The number of nitrogens with zero attached hydrogens (tertiary/aromatic N) is 2. The number of carbonyl (C=O) groups excluding carboxylic acids is 1. The highest BCUT2D eigenvalue weighted by atomic mass is 35.5. The topological polar surface area (TPSA) is 104 Å². The summed E-state index contributed by atoms with van der Waals surface area (Å²) in [4.78, 5) is 22.3. The van der Waals surface area contributed by atoms with Crippen LogP contribution in [0.5, 0.6) is 0 Å². The van der Waals surface area contributed by atoms with Gasteiger partial charge in [-0.15, -0.1) is 10.2 Å². The Morgan fingerprint density at radius 1 is 1.19 bits per heavy atom. The van der Waals surface area contributed by atoms with E-state index in [-0.39, 0.29) is 22.2 Å². The van der Waals surface area contributed by atoms with E-state index in [1.807, 2.05) is 0 Å². The molecule has 2 aromatic rings. The molecule has 0 spiro atoms. The van der Waals surface area contributed by atoms with Crippen molar-refractivity contribution < 1.29 is 14.7 Å². The molecule has 2 rings (SSSR count). The molecule has 3 N–H and O–H groups in total. The standard InChI is InChI=1S/C13H11ClN4O3/c1-15-12(19)10-4-5-11(18-17-10)16-7-2-3-9(14)8(6-7)13(20)21/h2-6H,1H3,(H,15,19)(H,16,18)(H,20,21). The van der Waals surface area contributed by atoms with Gasteiger partial charge < -0.3 is 15.7 Å². The van der Waals surface area contributed by atoms with Crippen LogP contribution in [0.4, 0.5) is 11.5 Å². The third kappa shape index (κ3) is 3.46. The lowest BCUT2D eigenvalue weighted by molar-refractivity contribution is 0.0697. The van der Waals surface area contributed by atoms with Gasteiger partial charge in [0.1, 0.15) is 0 Å². The lowest BCUT2D eigenvalue weighted by Gasteiger charge is -2.07. The Labute approximate surface area is 125 Å². The Morgan fingerprint density at radius 2 is 1.95 bits per heavy atom. The van der Waals surface area contributed by atoms with Crippen LogP contribution < -0.4 is 10.6 Å². The lowest BCUT2D eigenvalue weighted by Crippen LogP contribution is -2.19. The van der Waals surface area contributed by atoms with Crippen LogP contribution in [0.15, 0.2) is 30.3 Å². The van der Waals surface area contributed by atoms with Gasteiger partial charge in [-0.05, 0) is 30.3 Å². The van der Waals surface area contributed by atoms with E-state index in [1.165, 1.54) is 25.2 Å². The quantitative estimate of drug-likeness (QED) is 0.797. The molecule has 0 saturated heterocycles. The van der Waals surface area contributed by atoms with Crippen molar-refractivity contribution in [3.63, 3.8) is 0 Å². The van der Waals surface area contributed by atoms with Gasteiger partial charge in [-0.2, -0.15) is 0 Å². The Morgan fingerprint density at radius 3 is 2.52 bits per heavy atom. The van der Waals surface area contributed by atoms with Gasteiger partial charge >= 0.3 is 5.97 Å². The zero-order chi connectivity index (χ0) is 15.4. The Balaban J connectivity index is 2.20. The summed E-state index contributed by atoms with van der Waals surface area (Å²) >= 11 is 5.78. The van der Waals surface area contributed by atoms with Gasteiger partial charge in [0.15, 0.2) is 11.5 Å². The minimum absolute atomic E-state index is 0.0170. The lowest BCUT2D eigenvalue weighted by atomic mass is 10.2. The monoisotopic (exact) mass is 306 g/mol. The number of carbonyl (C=O) groups is 2. The second-order valence-corrected chi connectivity index (χ2v) is 4.41. The average molecular weight is 307 g/mol. The number of benzene rings is 1. The van der Waals surface area contributed by atoms with Crippen LogP contribution in [-0.2, 0) is 0 Å². The highest BCUT2D eigenvalue weighted by Gasteiger charge is 2.10. The molecule has 8 heteroatoms. The molecular weight excluding hydrogens is 296 g/mol. The number of rotatable bonds is 4. The van der Waals surface area contributed by atoms with Crippen LogP contribution in [0.3, 0.4) is 0 Å². The molecule has 0 aliphatic rings. The van der Waals surface area contributed by atoms with E-state index in [9.17, 15) is 9.59 Å². The predicted molar refractivity (Wildman–Crippen MR) is 77.1 cm³/mol. The maximum absolute atomic E-state index is 11.3. The molecule has 0 radical (unpaired) electrons. The van der Waals surface area contributed by atoms with Crippen molar-refractivity contribution in [1.82, 2.24) is 15.5 Å². The summed E-state index contributed by atoms with van der Waals surface area (Å²) in [5.41, 5.74) is 0.667. The Hall–Kier alpha value is -2.67.